The molecule has 2 aromatic carbocycles. The molecule has 0 fully saturated rings. The van der Waals surface area contributed by atoms with Crippen LogP contribution in [0.3, 0.4) is 0 Å². The third-order valence-electron chi connectivity index (χ3n) is 3.81. The summed E-state index contributed by atoms with van der Waals surface area (Å²) in [5, 5.41) is 12.5. The number of halogens is 2. The van der Waals surface area contributed by atoms with Gasteiger partial charge in [-0.05, 0) is 23.8 Å². The lowest BCUT2D eigenvalue weighted by Crippen LogP contribution is -2.29. The molecule has 0 aliphatic heterocycles. The van der Waals surface area contributed by atoms with Crippen molar-refractivity contribution < 1.29 is 9.84 Å². The van der Waals surface area contributed by atoms with Crippen LogP contribution in [-0.2, 0) is 5.60 Å². The average Bonchev–Trinajstić information content (AvgIpc) is 2.62. The number of rotatable bonds is 4. The number of aliphatic hydroxyl groups is 1. The zero-order valence-corrected chi connectivity index (χ0v) is 14.3. The van der Waals surface area contributed by atoms with Gasteiger partial charge in [-0.2, -0.15) is 0 Å². The van der Waals surface area contributed by atoms with E-state index in [-0.39, 0.29) is 0 Å². The predicted octanol–water partition coefficient (Wildman–Crippen LogP) is 4.08. The van der Waals surface area contributed by atoms with Gasteiger partial charge in [0.15, 0.2) is 0 Å². The maximum Gasteiger partial charge on any atom is 0.145 e. The Morgan fingerprint density at radius 2 is 1.62 bits per heavy atom. The summed E-state index contributed by atoms with van der Waals surface area (Å²) in [6.07, 6.45) is 4.51. The summed E-state index contributed by atoms with van der Waals surface area (Å²) in [5.41, 5.74) is 0.0114. The molecule has 1 heterocycles. The van der Waals surface area contributed by atoms with Crippen molar-refractivity contribution in [3.63, 3.8) is 0 Å². The number of aromatic nitrogens is 2. The monoisotopic (exact) mass is 360 g/mol. The fourth-order valence-corrected chi connectivity index (χ4v) is 3.07. The van der Waals surface area contributed by atoms with E-state index in [1.807, 2.05) is 0 Å². The molecule has 1 atom stereocenters. The highest BCUT2D eigenvalue weighted by Crippen LogP contribution is 2.42. The highest BCUT2D eigenvalue weighted by molar-refractivity contribution is 6.33. The van der Waals surface area contributed by atoms with Crippen molar-refractivity contribution in [1.29, 1.82) is 0 Å². The summed E-state index contributed by atoms with van der Waals surface area (Å²) in [4.78, 5) is 8.04. The van der Waals surface area contributed by atoms with E-state index in [4.69, 9.17) is 27.9 Å². The summed E-state index contributed by atoms with van der Waals surface area (Å²) in [6, 6.07) is 12.1. The zero-order valence-electron chi connectivity index (χ0n) is 12.8. The highest BCUT2D eigenvalue weighted by atomic mass is 35.5. The van der Waals surface area contributed by atoms with Gasteiger partial charge in [0.05, 0.1) is 12.1 Å². The van der Waals surface area contributed by atoms with Crippen LogP contribution in [0.5, 0.6) is 5.75 Å². The molecular formula is C18H14Cl2N2O2. The third kappa shape index (κ3) is 2.84. The van der Waals surface area contributed by atoms with Crippen LogP contribution in [-0.4, -0.2) is 22.2 Å². The smallest absolute Gasteiger partial charge is 0.145 e. The maximum absolute atomic E-state index is 11.7. The van der Waals surface area contributed by atoms with E-state index in [0.29, 0.717) is 32.5 Å². The first-order valence-electron chi connectivity index (χ1n) is 7.14. The van der Waals surface area contributed by atoms with Crippen LogP contribution in [0.2, 0.25) is 10.0 Å². The molecule has 0 bridgehead atoms. The summed E-state index contributed by atoms with van der Waals surface area (Å²) >= 11 is 12.5. The zero-order chi connectivity index (χ0) is 17.2. The summed E-state index contributed by atoms with van der Waals surface area (Å²) in [7, 11) is 1.53. The number of hydrogen-bond acceptors (Lipinski definition) is 4. The molecule has 0 spiro atoms. The molecule has 6 heteroatoms. The summed E-state index contributed by atoms with van der Waals surface area (Å²) in [6.45, 7) is 0. The van der Waals surface area contributed by atoms with Gasteiger partial charge < -0.3 is 9.84 Å². The molecule has 1 aromatic heterocycles. The first-order chi connectivity index (χ1) is 11.6. The molecule has 0 amide bonds. The molecule has 1 N–H and O–H groups in total. The van der Waals surface area contributed by atoms with E-state index in [0.717, 1.165) is 0 Å². The summed E-state index contributed by atoms with van der Waals surface area (Å²) < 4.78 is 5.28. The molecule has 0 aliphatic rings. The van der Waals surface area contributed by atoms with Gasteiger partial charge in [0.2, 0.25) is 0 Å². The largest absolute Gasteiger partial charge is 0.495 e. The SMILES string of the molecule is COc1cccc(C(O)(c2ccc(Cl)cc2)c2cncnc2)c1Cl. The van der Waals surface area contributed by atoms with Crippen LogP contribution in [0.25, 0.3) is 0 Å². The van der Waals surface area contributed by atoms with E-state index in [2.05, 4.69) is 9.97 Å². The maximum atomic E-state index is 11.7. The normalized spacial score (nSPS) is 13.3. The van der Waals surface area contributed by atoms with Crippen LogP contribution < -0.4 is 4.74 Å². The lowest BCUT2D eigenvalue weighted by molar-refractivity contribution is 0.124. The molecule has 1 unspecified atom stereocenters. The van der Waals surface area contributed by atoms with Crippen LogP contribution in [0, 0.1) is 0 Å². The minimum Gasteiger partial charge on any atom is -0.495 e. The highest BCUT2D eigenvalue weighted by Gasteiger charge is 2.37. The topological polar surface area (TPSA) is 55.2 Å². The van der Waals surface area contributed by atoms with Crippen molar-refractivity contribution in [2.75, 3.05) is 7.11 Å². The number of nitrogens with zero attached hydrogens (tertiary/aromatic N) is 2. The van der Waals surface area contributed by atoms with Crippen molar-refractivity contribution in [3.8, 4) is 5.75 Å². The van der Waals surface area contributed by atoms with Gasteiger partial charge in [-0.1, -0.05) is 47.5 Å². The molecule has 3 rings (SSSR count). The van der Waals surface area contributed by atoms with Crippen LogP contribution in [0.4, 0.5) is 0 Å². The fourth-order valence-electron chi connectivity index (χ4n) is 2.60. The van der Waals surface area contributed by atoms with Gasteiger partial charge in [0.25, 0.3) is 0 Å². The van der Waals surface area contributed by atoms with Crippen LogP contribution in [0.15, 0.2) is 61.2 Å². The number of ether oxygens (including phenoxy) is 1. The van der Waals surface area contributed by atoms with Gasteiger partial charge >= 0.3 is 0 Å². The van der Waals surface area contributed by atoms with Gasteiger partial charge in [0, 0.05) is 28.5 Å². The minimum atomic E-state index is -1.54. The van der Waals surface area contributed by atoms with Crippen LogP contribution in [0.1, 0.15) is 16.7 Å². The van der Waals surface area contributed by atoms with Gasteiger partial charge in [-0.15, -0.1) is 0 Å². The van der Waals surface area contributed by atoms with Gasteiger partial charge in [0.1, 0.15) is 17.7 Å². The molecule has 0 saturated heterocycles. The second-order valence-electron chi connectivity index (χ2n) is 5.17. The lowest BCUT2D eigenvalue weighted by atomic mass is 9.81. The van der Waals surface area contributed by atoms with E-state index in [9.17, 15) is 5.11 Å². The third-order valence-corrected chi connectivity index (χ3v) is 4.46. The molecule has 24 heavy (non-hydrogen) atoms. The first kappa shape index (κ1) is 16.7. The Kier molecular flexibility index (Phi) is 4.71. The quantitative estimate of drug-likeness (QED) is 0.761. The van der Waals surface area contributed by atoms with E-state index < -0.39 is 5.60 Å². The Hall–Kier alpha value is -2.14. The van der Waals surface area contributed by atoms with Crippen molar-refractivity contribution in [2.24, 2.45) is 0 Å². The summed E-state index contributed by atoms with van der Waals surface area (Å²) in [5.74, 6) is 0.471. The van der Waals surface area contributed by atoms with Crippen molar-refractivity contribution in [2.45, 2.75) is 5.60 Å². The number of methoxy groups -OCH3 is 1. The second kappa shape index (κ2) is 6.77. The minimum absolute atomic E-state index is 0.321. The first-order valence-corrected chi connectivity index (χ1v) is 7.90. The molecular weight excluding hydrogens is 347 g/mol. The second-order valence-corrected chi connectivity index (χ2v) is 5.98. The molecule has 4 nitrogen and oxygen atoms in total. The number of benzene rings is 2. The van der Waals surface area contributed by atoms with Crippen molar-refractivity contribution >= 4 is 23.2 Å². The number of hydrogen-bond donors (Lipinski definition) is 1. The molecule has 3 aromatic rings. The molecule has 0 radical (unpaired) electrons. The Labute approximate surface area is 149 Å². The molecule has 0 aliphatic carbocycles. The lowest BCUT2D eigenvalue weighted by Gasteiger charge is -2.30. The molecule has 122 valence electrons. The predicted molar refractivity (Wildman–Crippen MR) is 93.6 cm³/mol. The van der Waals surface area contributed by atoms with E-state index in [1.165, 1.54) is 13.4 Å². The van der Waals surface area contributed by atoms with Gasteiger partial charge in [-0.25, -0.2) is 9.97 Å². The standard InChI is InChI=1S/C18H14Cl2N2O2/c1-24-16-4-2-3-15(17(16)20)18(23,13-9-21-11-22-10-13)12-5-7-14(19)8-6-12/h2-11,23H,1H3. The van der Waals surface area contributed by atoms with Crippen molar-refractivity contribution in [1.82, 2.24) is 9.97 Å². The Bertz CT molecular complexity index is 841. The molecule has 0 saturated carbocycles. The Balaban J connectivity index is 2.29. The Morgan fingerprint density at radius 1 is 0.958 bits per heavy atom. The van der Waals surface area contributed by atoms with Gasteiger partial charge in [-0.3, -0.25) is 0 Å². The fraction of sp³-hybridized carbons (Fsp3) is 0.111. The van der Waals surface area contributed by atoms with Crippen molar-refractivity contribution in [3.05, 3.63) is 87.9 Å². The average molecular weight is 361 g/mol. The van der Waals surface area contributed by atoms with E-state index >= 15 is 0 Å². The Morgan fingerprint density at radius 3 is 2.25 bits per heavy atom. The van der Waals surface area contributed by atoms with Crippen LogP contribution >= 0.6 is 23.2 Å². The van der Waals surface area contributed by atoms with E-state index in [1.54, 1.807) is 54.9 Å².